The molecule has 0 saturated carbocycles. The van der Waals surface area contributed by atoms with Crippen LogP contribution < -0.4 is 16.0 Å². The predicted octanol–water partition coefficient (Wildman–Crippen LogP) is 2.64. The Morgan fingerprint density at radius 2 is 1.62 bits per heavy atom. The Morgan fingerprint density at radius 3 is 2.04 bits per heavy atom. The number of aliphatic hydroxyl groups is 1. The van der Waals surface area contributed by atoms with Crippen LogP contribution in [0.3, 0.4) is 0 Å². The molecule has 154 valence electrons. The molecule has 0 rings (SSSR count). The van der Waals surface area contributed by atoms with E-state index in [4.69, 9.17) is 4.74 Å². The average molecular weight is 373 g/mol. The van der Waals surface area contributed by atoms with Gasteiger partial charge in [0.15, 0.2) is 5.96 Å². The van der Waals surface area contributed by atoms with Crippen LogP contribution in [0, 0.1) is 5.41 Å². The molecule has 0 fully saturated rings. The largest absolute Gasteiger partial charge is 0.444 e. The van der Waals surface area contributed by atoms with Crippen LogP contribution >= 0.6 is 0 Å². The van der Waals surface area contributed by atoms with Gasteiger partial charge < -0.3 is 25.8 Å². The summed E-state index contributed by atoms with van der Waals surface area (Å²) in [6.45, 7) is 17.4. The van der Waals surface area contributed by atoms with E-state index in [2.05, 4.69) is 20.9 Å². The van der Waals surface area contributed by atoms with Crippen LogP contribution in [-0.2, 0) is 4.74 Å². The van der Waals surface area contributed by atoms with Crippen LogP contribution in [0.15, 0.2) is 4.99 Å². The number of rotatable bonds is 9. The lowest BCUT2D eigenvalue weighted by atomic mass is 9.93. The van der Waals surface area contributed by atoms with E-state index in [-0.39, 0.29) is 12.0 Å². The first kappa shape index (κ1) is 24.5. The van der Waals surface area contributed by atoms with Crippen molar-refractivity contribution in [1.29, 1.82) is 0 Å². The molecule has 7 heteroatoms. The number of alkyl carbamates (subject to hydrolysis) is 1. The molecule has 0 unspecified atom stereocenters. The number of amides is 1. The van der Waals surface area contributed by atoms with Crippen molar-refractivity contribution in [1.82, 2.24) is 16.0 Å². The van der Waals surface area contributed by atoms with Gasteiger partial charge in [-0.05, 0) is 40.5 Å². The molecule has 0 bridgehead atoms. The zero-order chi connectivity index (χ0) is 20.4. The number of carbonyl (C=O) groups is 1. The summed E-state index contributed by atoms with van der Waals surface area (Å²) in [6, 6.07) is 0. The van der Waals surface area contributed by atoms with Crippen LogP contribution in [0.4, 0.5) is 4.79 Å². The Balaban J connectivity index is 5.04. The van der Waals surface area contributed by atoms with Crippen LogP contribution in [0.1, 0.15) is 68.2 Å². The third-order valence-corrected chi connectivity index (χ3v) is 4.15. The third-order valence-electron chi connectivity index (χ3n) is 4.15. The van der Waals surface area contributed by atoms with E-state index in [9.17, 15) is 9.90 Å². The van der Waals surface area contributed by atoms with Gasteiger partial charge >= 0.3 is 6.09 Å². The first-order valence-electron chi connectivity index (χ1n) is 9.56. The molecular weight excluding hydrogens is 332 g/mol. The summed E-state index contributed by atoms with van der Waals surface area (Å²) in [5, 5.41) is 18.9. The topological polar surface area (TPSA) is 95.0 Å². The van der Waals surface area contributed by atoms with Gasteiger partial charge in [-0.25, -0.2) is 4.79 Å². The summed E-state index contributed by atoms with van der Waals surface area (Å²) in [5.74, 6) is 0.672. The fourth-order valence-electron chi connectivity index (χ4n) is 2.18. The highest BCUT2D eigenvalue weighted by Crippen LogP contribution is 2.17. The molecule has 0 aliphatic carbocycles. The summed E-state index contributed by atoms with van der Waals surface area (Å²) in [6.07, 6.45) is 1.11. The number of nitrogens with one attached hydrogen (secondary N) is 3. The fraction of sp³-hybridized carbons (Fsp3) is 0.895. The van der Waals surface area contributed by atoms with Crippen molar-refractivity contribution in [2.24, 2.45) is 10.4 Å². The Morgan fingerprint density at radius 1 is 1.04 bits per heavy atom. The molecule has 0 aromatic rings. The normalized spacial score (nSPS) is 13.3. The van der Waals surface area contributed by atoms with Crippen molar-refractivity contribution < 1.29 is 14.6 Å². The predicted molar refractivity (Wildman–Crippen MR) is 108 cm³/mol. The van der Waals surface area contributed by atoms with Gasteiger partial charge in [-0.15, -0.1) is 0 Å². The summed E-state index contributed by atoms with van der Waals surface area (Å²) in [4.78, 5) is 16.8. The highest BCUT2D eigenvalue weighted by molar-refractivity contribution is 5.80. The smallest absolute Gasteiger partial charge is 0.408 e. The van der Waals surface area contributed by atoms with Crippen molar-refractivity contribution in [3.63, 3.8) is 0 Å². The minimum Gasteiger partial charge on any atom is -0.444 e. The summed E-state index contributed by atoms with van der Waals surface area (Å²) < 4.78 is 5.41. The first-order valence-corrected chi connectivity index (χ1v) is 9.56. The van der Waals surface area contributed by atoms with Crippen LogP contribution in [0.25, 0.3) is 0 Å². The highest BCUT2D eigenvalue weighted by atomic mass is 16.6. The quantitative estimate of drug-likeness (QED) is 0.369. The Hall–Kier alpha value is -1.50. The Kier molecular flexibility index (Phi) is 9.99. The minimum absolute atomic E-state index is 0.0734. The van der Waals surface area contributed by atoms with Crippen molar-refractivity contribution in [3.05, 3.63) is 0 Å². The van der Waals surface area contributed by atoms with E-state index in [1.165, 1.54) is 0 Å². The maximum atomic E-state index is 12.2. The Labute approximate surface area is 159 Å². The average Bonchev–Trinajstić information content (AvgIpc) is 2.54. The molecule has 0 saturated heterocycles. The molecule has 0 aromatic carbocycles. The number of hydrogen-bond acceptors (Lipinski definition) is 4. The zero-order valence-corrected chi connectivity index (χ0v) is 18.0. The lowest BCUT2D eigenvalue weighted by Gasteiger charge is -2.34. The molecular formula is C19H40N4O3. The van der Waals surface area contributed by atoms with Gasteiger partial charge in [0.25, 0.3) is 0 Å². The standard InChI is InChI=1S/C19H40N4O3/c1-9-19(10-2,23-16(25)26-17(4,5)6)13-22-15(20-11-3)21-12-18(7,8)14-24/h24H,9-14H2,1-8H3,(H,23,25)(H2,20,21,22). The molecule has 0 radical (unpaired) electrons. The number of nitrogens with zero attached hydrogens (tertiary/aromatic N) is 1. The van der Waals surface area contributed by atoms with Crippen molar-refractivity contribution in [2.75, 3.05) is 26.2 Å². The van der Waals surface area contributed by atoms with Crippen molar-refractivity contribution >= 4 is 12.1 Å². The van der Waals surface area contributed by atoms with Crippen molar-refractivity contribution in [3.8, 4) is 0 Å². The molecule has 0 aliphatic rings. The second-order valence-electron chi connectivity index (χ2n) is 8.49. The lowest BCUT2D eigenvalue weighted by Crippen LogP contribution is -2.57. The van der Waals surface area contributed by atoms with Gasteiger partial charge in [-0.1, -0.05) is 27.7 Å². The molecule has 0 heterocycles. The monoisotopic (exact) mass is 372 g/mol. The van der Waals surface area contributed by atoms with E-state index in [0.717, 1.165) is 19.4 Å². The molecule has 4 N–H and O–H groups in total. The first-order chi connectivity index (χ1) is 11.9. The maximum Gasteiger partial charge on any atom is 0.408 e. The number of carbonyl (C=O) groups excluding carboxylic acids is 1. The molecule has 0 aromatic heterocycles. The van der Waals surface area contributed by atoms with Crippen LogP contribution in [0.5, 0.6) is 0 Å². The highest BCUT2D eigenvalue weighted by Gasteiger charge is 2.30. The number of aliphatic imine (C=N–C) groups is 1. The Bertz CT molecular complexity index is 452. The van der Waals surface area contributed by atoms with E-state index in [1.54, 1.807) is 0 Å². The van der Waals surface area contributed by atoms with Gasteiger partial charge in [0, 0.05) is 25.1 Å². The number of hydrogen-bond donors (Lipinski definition) is 4. The second-order valence-corrected chi connectivity index (χ2v) is 8.49. The second kappa shape index (κ2) is 10.6. The van der Waals surface area contributed by atoms with Gasteiger partial charge in [0.05, 0.1) is 12.1 Å². The molecule has 0 aliphatic heterocycles. The van der Waals surface area contributed by atoms with Gasteiger partial charge in [0.1, 0.15) is 5.60 Å². The van der Waals surface area contributed by atoms with E-state index < -0.39 is 17.2 Å². The molecule has 26 heavy (non-hydrogen) atoms. The molecule has 1 amide bonds. The van der Waals surface area contributed by atoms with Gasteiger partial charge in [0.2, 0.25) is 0 Å². The van der Waals surface area contributed by atoms with E-state index in [0.29, 0.717) is 19.0 Å². The van der Waals surface area contributed by atoms with Crippen LogP contribution in [0.2, 0.25) is 0 Å². The lowest BCUT2D eigenvalue weighted by molar-refractivity contribution is 0.0448. The summed E-state index contributed by atoms with van der Waals surface area (Å²) in [7, 11) is 0. The van der Waals surface area contributed by atoms with Crippen LogP contribution in [-0.4, -0.2) is 54.5 Å². The third kappa shape index (κ3) is 9.85. The number of ether oxygens (including phenoxy) is 1. The van der Waals surface area contributed by atoms with Gasteiger partial charge in [-0.2, -0.15) is 0 Å². The number of guanidine groups is 1. The SMILES string of the molecule is CCNC(=NCC(C)(C)CO)NCC(CC)(CC)NC(=O)OC(C)(C)C. The van der Waals surface area contributed by atoms with E-state index in [1.807, 2.05) is 55.4 Å². The van der Waals surface area contributed by atoms with Crippen molar-refractivity contribution in [2.45, 2.75) is 79.4 Å². The van der Waals surface area contributed by atoms with E-state index >= 15 is 0 Å². The fourth-order valence-corrected chi connectivity index (χ4v) is 2.18. The number of aliphatic hydroxyl groups excluding tert-OH is 1. The minimum atomic E-state index is -0.531. The maximum absolute atomic E-state index is 12.2. The van der Waals surface area contributed by atoms with Gasteiger partial charge in [-0.3, -0.25) is 4.99 Å². The zero-order valence-electron chi connectivity index (χ0n) is 18.0. The summed E-state index contributed by atoms with van der Waals surface area (Å²) in [5.41, 5.74) is -1.23. The summed E-state index contributed by atoms with van der Waals surface area (Å²) >= 11 is 0. The molecule has 0 atom stereocenters. The molecule has 7 nitrogen and oxygen atoms in total. The molecule has 0 spiro atoms.